The number of rotatable bonds is 2. The third kappa shape index (κ3) is 4.10. The molecule has 2 bridgehead atoms. The van der Waals surface area contributed by atoms with Gasteiger partial charge in [0.1, 0.15) is 5.03 Å². The van der Waals surface area contributed by atoms with E-state index >= 15 is 0 Å². The molecule has 0 saturated carbocycles. The number of carbonyl (C=O) groups excluding carboxylic acids is 1. The predicted molar refractivity (Wildman–Crippen MR) is 83.9 cm³/mol. The van der Waals surface area contributed by atoms with Crippen LogP contribution in [-0.2, 0) is 0 Å². The molecule has 4 nitrogen and oxygen atoms in total. The Labute approximate surface area is 142 Å². The van der Waals surface area contributed by atoms with E-state index < -0.39 is 5.51 Å². The minimum atomic E-state index is -4.46. The first-order valence-electron chi connectivity index (χ1n) is 7.20. The van der Waals surface area contributed by atoms with Gasteiger partial charge in [0.25, 0.3) is 5.91 Å². The second-order valence-corrected chi connectivity index (χ2v) is 6.55. The molecule has 2 atom stereocenters. The summed E-state index contributed by atoms with van der Waals surface area (Å²) in [4.78, 5) is 18.3. The van der Waals surface area contributed by atoms with Gasteiger partial charge in [-0.05, 0) is 37.9 Å². The SMILES string of the molecule is Cl.O=C(c1cccnc1SC(F)(F)F)N1C2CCNCC1CC2. The van der Waals surface area contributed by atoms with Crippen LogP contribution in [0.15, 0.2) is 23.4 Å². The van der Waals surface area contributed by atoms with Gasteiger partial charge in [0.05, 0.1) is 5.56 Å². The van der Waals surface area contributed by atoms with Crippen LogP contribution in [0.5, 0.6) is 0 Å². The second-order valence-electron chi connectivity index (χ2n) is 5.49. The Balaban J connectivity index is 0.00000192. The van der Waals surface area contributed by atoms with E-state index in [1.54, 1.807) is 4.90 Å². The van der Waals surface area contributed by atoms with Crippen molar-refractivity contribution in [3.63, 3.8) is 0 Å². The lowest BCUT2D eigenvalue weighted by molar-refractivity contribution is -0.0329. The molecule has 2 unspecified atom stereocenters. The van der Waals surface area contributed by atoms with E-state index in [9.17, 15) is 18.0 Å². The lowest BCUT2D eigenvalue weighted by Gasteiger charge is -2.28. The molecular formula is C14H17ClF3N3OS. The minimum absolute atomic E-state index is 0. The molecule has 3 rings (SSSR count). The fraction of sp³-hybridized carbons (Fsp3) is 0.571. The minimum Gasteiger partial charge on any atom is -0.331 e. The summed E-state index contributed by atoms with van der Waals surface area (Å²) in [5.41, 5.74) is -4.41. The highest BCUT2D eigenvalue weighted by Gasteiger charge is 2.40. The van der Waals surface area contributed by atoms with Crippen LogP contribution < -0.4 is 5.32 Å². The molecule has 23 heavy (non-hydrogen) atoms. The van der Waals surface area contributed by atoms with Crippen molar-refractivity contribution in [3.05, 3.63) is 23.9 Å². The topological polar surface area (TPSA) is 45.2 Å². The fourth-order valence-electron chi connectivity index (χ4n) is 3.20. The second kappa shape index (κ2) is 7.27. The normalized spacial score (nSPS) is 24.0. The number of fused-ring (bicyclic) bond motifs is 2. The summed E-state index contributed by atoms with van der Waals surface area (Å²) in [6.45, 7) is 1.53. The number of amides is 1. The van der Waals surface area contributed by atoms with Crippen LogP contribution in [0.1, 0.15) is 29.6 Å². The summed E-state index contributed by atoms with van der Waals surface area (Å²) in [7, 11) is 0. The van der Waals surface area contributed by atoms with Gasteiger partial charge in [-0.2, -0.15) is 13.2 Å². The summed E-state index contributed by atoms with van der Waals surface area (Å²) < 4.78 is 37.9. The van der Waals surface area contributed by atoms with Gasteiger partial charge in [0.2, 0.25) is 0 Å². The number of carbonyl (C=O) groups is 1. The smallest absolute Gasteiger partial charge is 0.331 e. The molecule has 1 N–H and O–H groups in total. The Morgan fingerprint density at radius 1 is 1.30 bits per heavy atom. The molecular weight excluding hydrogens is 351 g/mol. The van der Waals surface area contributed by atoms with Crippen molar-refractivity contribution in [1.82, 2.24) is 15.2 Å². The van der Waals surface area contributed by atoms with Crippen LogP contribution in [0.3, 0.4) is 0 Å². The van der Waals surface area contributed by atoms with E-state index in [2.05, 4.69) is 10.3 Å². The first-order valence-corrected chi connectivity index (χ1v) is 8.01. The van der Waals surface area contributed by atoms with Gasteiger partial charge >= 0.3 is 5.51 Å². The maximum absolute atomic E-state index is 12.8. The van der Waals surface area contributed by atoms with Crippen molar-refractivity contribution in [2.24, 2.45) is 0 Å². The number of hydrogen-bond donors (Lipinski definition) is 1. The molecule has 0 radical (unpaired) electrons. The average Bonchev–Trinajstić information content (AvgIpc) is 2.70. The molecule has 0 aliphatic carbocycles. The lowest BCUT2D eigenvalue weighted by Crippen LogP contribution is -2.42. The molecule has 128 valence electrons. The van der Waals surface area contributed by atoms with Crippen LogP contribution in [-0.4, -0.2) is 46.5 Å². The zero-order valence-corrected chi connectivity index (χ0v) is 13.8. The van der Waals surface area contributed by atoms with Crippen molar-refractivity contribution in [2.45, 2.75) is 41.9 Å². The molecule has 1 amide bonds. The highest BCUT2D eigenvalue weighted by atomic mass is 35.5. The molecule has 1 aromatic heterocycles. The number of aromatic nitrogens is 1. The maximum Gasteiger partial charge on any atom is 0.447 e. The van der Waals surface area contributed by atoms with Gasteiger partial charge in [-0.15, -0.1) is 12.4 Å². The lowest BCUT2D eigenvalue weighted by atomic mass is 10.1. The Morgan fingerprint density at radius 3 is 2.78 bits per heavy atom. The summed E-state index contributed by atoms with van der Waals surface area (Å²) >= 11 is -0.326. The number of halogens is 4. The summed E-state index contributed by atoms with van der Waals surface area (Å²) in [5.74, 6) is -0.337. The van der Waals surface area contributed by atoms with Gasteiger partial charge in [-0.3, -0.25) is 4.79 Å². The number of hydrogen-bond acceptors (Lipinski definition) is 4. The van der Waals surface area contributed by atoms with E-state index in [0.717, 1.165) is 25.8 Å². The zero-order valence-electron chi connectivity index (χ0n) is 12.2. The number of nitrogens with zero attached hydrogens (tertiary/aromatic N) is 2. The summed E-state index contributed by atoms with van der Waals surface area (Å²) in [5, 5.41) is 3.01. The number of alkyl halides is 3. The molecule has 9 heteroatoms. The van der Waals surface area contributed by atoms with E-state index in [4.69, 9.17) is 0 Å². The third-order valence-corrected chi connectivity index (χ3v) is 4.85. The van der Waals surface area contributed by atoms with Crippen LogP contribution in [0.25, 0.3) is 0 Å². The quantitative estimate of drug-likeness (QED) is 0.816. The van der Waals surface area contributed by atoms with Crippen LogP contribution in [0, 0.1) is 0 Å². The summed E-state index contributed by atoms with van der Waals surface area (Å²) in [6, 6.07) is 3.10. The molecule has 0 aromatic carbocycles. The molecule has 2 aliphatic rings. The largest absolute Gasteiger partial charge is 0.447 e. The predicted octanol–water partition coefficient (Wildman–Crippen LogP) is 3.08. The Bertz CT molecular complexity index is 558. The van der Waals surface area contributed by atoms with E-state index in [0.29, 0.717) is 6.54 Å². The molecule has 2 aliphatic heterocycles. The van der Waals surface area contributed by atoms with Crippen LogP contribution in [0.4, 0.5) is 13.2 Å². The van der Waals surface area contributed by atoms with E-state index in [1.165, 1.54) is 18.3 Å². The van der Waals surface area contributed by atoms with Crippen molar-refractivity contribution in [1.29, 1.82) is 0 Å². The van der Waals surface area contributed by atoms with E-state index in [-0.39, 0.29) is 52.7 Å². The maximum atomic E-state index is 12.8. The van der Waals surface area contributed by atoms with Gasteiger partial charge < -0.3 is 10.2 Å². The van der Waals surface area contributed by atoms with E-state index in [1.807, 2.05) is 0 Å². The Kier molecular flexibility index (Phi) is 5.80. The number of nitrogens with one attached hydrogen (secondary N) is 1. The number of thioether (sulfide) groups is 1. The third-order valence-electron chi connectivity index (χ3n) is 4.10. The first kappa shape index (κ1) is 18.4. The van der Waals surface area contributed by atoms with Gasteiger partial charge in [0.15, 0.2) is 0 Å². The molecule has 2 fully saturated rings. The molecule has 3 heterocycles. The van der Waals surface area contributed by atoms with Crippen molar-refractivity contribution >= 4 is 30.1 Å². The standard InChI is InChI=1S/C14H16F3N3OS.ClH/c15-14(16,17)22-12-11(2-1-6-19-12)13(21)20-9-3-4-10(20)8-18-7-5-9;/h1-2,6,9-10,18H,3-5,7-8H2;1H. The Hall–Kier alpha value is -0.990. The highest BCUT2D eigenvalue weighted by Crippen LogP contribution is 2.38. The number of pyridine rings is 1. The molecule has 1 aromatic rings. The van der Waals surface area contributed by atoms with Gasteiger partial charge in [-0.25, -0.2) is 4.98 Å². The molecule has 2 saturated heterocycles. The van der Waals surface area contributed by atoms with Crippen molar-refractivity contribution < 1.29 is 18.0 Å². The van der Waals surface area contributed by atoms with Crippen molar-refractivity contribution in [3.8, 4) is 0 Å². The monoisotopic (exact) mass is 367 g/mol. The van der Waals surface area contributed by atoms with Gasteiger partial charge in [-0.1, -0.05) is 0 Å². The average molecular weight is 368 g/mol. The van der Waals surface area contributed by atoms with Gasteiger partial charge in [0, 0.05) is 36.6 Å². The fourth-order valence-corrected chi connectivity index (χ4v) is 3.80. The van der Waals surface area contributed by atoms with Crippen LogP contribution >= 0.6 is 24.2 Å². The zero-order chi connectivity index (χ0) is 15.7. The highest BCUT2D eigenvalue weighted by molar-refractivity contribution is 8.00. The summed E-state index contributed by atoms with van der Waals surface area (Å²) in [6.07, 6.45) is 3.93. The molecule has 0 spiro atoms. The Morgan fingerprint density at radius 2 is 2.04 bits per heavy atom. The van der Waals surface area contributed by atoms with Crippen molar-refractivity contribution in [2.75, 3.05) is 13.1 Å². The van der Waals surface area contributed by atoms with Crippen LogP contribution in [0.2, 0.25) is 0 Å². The first-order chi connectivity index (χ1) is 10.5.